The minimum absolute atomic E-state index is 0.0913. The van der Waals surface area contributed by atoms with Crippen molar-refractivity contribution in [3.8, 4) is 0 Å². The van der Waals surface area contributed by atoms with Crippen molar-refractivity contribution < 1.29 is 13.2 Å². The third-order valence-corrected chi connectivity index (χ3v) is 2.61. The highest BCUT2D eigenvalue weighted by Gasteiger charge is 2.36. The summed E-state index contributed by atoms with van der Waals surface area (Å²) in [5, 5.41) is 0. The molecule has 0 heterocycles. The second kappa shape index (κ2) is 4.70. The Balaban J connectivity index is 3.25. The van der Waals surface area contributed by atoms with E-state index in [1.165, 1.54) is 12.1 Å². The summed E-state index contributed by atoms with van der Waals surface area (Å²) in [6, 6.07) is 6.18. The topological polar surface area (TPSA) is 0 Å². The Labute approximate surface area is 102 Å². The molecule has 0 amide bonds. The fraction of sp³-hybridized carbons (Fsp3) is 0.200. The van der Waals surface area contributed by atoms with Crippen molar-refractivity contribution in [3.05, 3.63) is 38.8 Å². The van der Waals surface area contributed by atoms with Gasteiger partial charge in [0.2, 0.25) is 0 Å². The molecule has 0 fully saturated rings. The lowest BCUT2D eigenvalue weighted by atomic mass is 10.1. The van der Waals surface area contributed by atoms with Crippen molar-refractivity contribution in [2.24, 2.45) is 0 Å². The molecule has 0 aliphatic rings. The molecule has 0 spiro atoms. The second-order valence-corrected chi connectivity index (χ2v) is 5.65. The zero-order valence-electron chi connectivity index (χ0n) is 7.70. The Morgan fingerprint density at radius 2 is 1.53 bits per heavy atom. The lowest BCUT2D eigenvalue weighted by Crippen LogP contribution is -2.11. The van der Waals surface area contributed by atoms with Gasteiger partial charge in [-0.25, -0.2) is 0 Å². The van der Waals surface area contributed by atoms with Gasteiger partial charge in [0.25, 0.3) is 0 Å². The highest BCUT2D eigenvalue weighted by molar-refractivity contribution is 9.28. The summed E-state index contributed by atoms with van der Waals surface area (Å²) in [6.07, 6.45) is -4.38. The Morgan fingerprint density at radius 3 is 1.87 bits per heavy atom. The molecule has 0 radical (unpaired) electrons. The van der Waals surface area contributed by atoms with Crippen LogP contribution in [-0.4, -0.2) is 6.18 Å². The number of alkyl halides is 3. The number of halogens is 5. The van der Waals surface area contributed by atoms with Gasteiger partial charge in [-0.15, -0.1) is 0 Å². The maximum Gasteiger partial charge on any atom is 0.418 e. The van der Waals surface area contributed by atoms with Crippen LogP contribution in [0.15, 0.2) is 27.7 Å². The quantitative estimate of drug-likeness (QED) is 0.672. The van der Waals surface area contributed by atoms with E-state index in [9.17, 15) is 13.2 Å². The number of rotatable bonds is 1. The largest absolute Gasteiger partial charge is 0.418 e. The molecule has 0 saturated carbocycles. The first kappa shape index (κ1) is 12.8. The zero-order chi connectivity index (χ0) is 11.6. The summed E-state index contributed by atoms with van der Waals surface area (Å²) in [6.45, 7) is 1.82. The van der Waals surface area contributed by atoms with E-state index >= 15 is 0 Å². The lowest BCUT2D eigenvalue weighted by Gasteiger charge is -2.12. The molecule has 82 valence electrons. The first-order valence-electron chi connectivity index (χ1n) is 4.02. The van der Waals surface area contributed by atoms with Gasteiger partial charge in [-0.2, -0.15) is 13.2 Å². The van der Waals surface area contributed by atoms with E-state index in [1.807, 2.05) is 6.92 Å². The van der Waals surface area contributed by atoms with E-state index in [-0.39, 0.29) is 8.96 Å². The molecule has 0 aromatic heterocycles. The van der Waals surface area contributed by atoms with Crippen molar-refractivity contribution in [2.75, 3.05) is 0 Å². The van der Waals surface area contributed by atoms with Crippen molar-refractivity contribution in [1.82, 2.24) is 0 Å². The average molecular weight is 344 g/mol. The van der Waals surface area contributed by atoms with Crippen molar-refractivity contribution in [2.45, 2.75) is 13.1 Å². The first-order chi connectivity index (χ1) is 6.82. The van der Waals surface area contributed by atoms with Crippen LogP contribution in [0.1, 0.15) is 11.1 Å². The number of hydrogen-bond donors (Lipinski definition) is 0. The fourth-order valence-electron chi connectivity index (χ4n) is 1.10. The molecular formula is C10H7Br2F3. The van der Waals surface area contributed by atoms with Crippen LogP contribution in [0.2, 0.25) is 0 Å². The molecule has 0 saturated heterocycles. The number of hydrogen-bond acceptors (Lipinski definition) is 0. The summed E-state index contributed by atoms with van der Waals surface area (Å²) in [4.78, 5) is 0. The first-order valence-corrected chi connectivity index (χ1v) is 5.60. The van der Waals surface area contributed by atoms with Gasteiger partial charge >= 0.3 is 6.18 Å². The smallest absolute Gasteiger partial charge is 0.166 e. The third kappa shape index (κ3) is 3.34. The standard InChI is InChI=1S/C10H7Br2F3/c1-6-2-4-7(5-3-6)8(9(11)12)10(13,14)15/h2-5H,1H3. The van der Waals surface area contributed by atoms with Gasteiger partial charge in [0.15, 0.2) is 0 Å². The average Bonchev–Trinajstić information content (AvgIpc) is 2.05. The molecule has 0 atom stereocenters. The summed E-state index contributed by atoms with van der Waals surface area (Å²) in [5.41, 5.74) is 0.352. The number of allylic oxidation sites excluding steroid dienone is 1. The zero-order valence-corrected chi connectivity index (χ0v) is 10.9. The normalized spacial score (nSPS) is 11.3. The van der Waals surface area contributed by atoms with Crippen molar-refractivity contribution >= 4 is 37.4 Å². The monoisotopic (exact) mass is 342 g/mol. The van der Waals surface area contributed by atoms with Crippen LogP contribution in [0.5, 0.6) is 0 Å². The molecule has 15 heavy (non-hydrogen) atoms. The minimum Gasteiger partial charge on any atom is -0.166 e. The van der Waals surface area contributed by atoms with Crippen molar-refractivity contribution in [3.63, 3.8) is 0 Å². The van der Waals surface area contributed by atoms with Crippen LogP contribution < -0.4 is 0 Å². The van der Waals surface area contributed by atoms with E-state index in [1.54, 1.807) is 12.1 Å². The highest BCUT2D eigenvalue weighted by Crippen LogP contribution is 2.40. The number of benzene rings is 1. The maximum atomic E-state index is 12.6. The Morgan fingerprint density at radius 1 is 1.07 bits per heavy atom. The third-order valence-electron chi connectivity index (χ3n) is 1.81. The predicted molar refractivity (Wildman–Crippen MR) is 62.0 cm³/mol. The molecule has 0 aliphatic carbocycles. The van der Waals surface area contributed by atoms with Gasteiger partial charge in [-0.3, -0.25) is 0 Å². The summed E-state index contributed by atoms with van der Waals surface area (Å²) < 4.78 is 37.8. The van der Waals surface area contributed by atoms with E-state index < -0.39 is 11.7 Å². The SMILES string of the molecule is Cc1ccc(C(=C(Br)Br)C(F)(F)F)cc1. The molecule has 0 bridgehead atoms. The van der Waals surface area contributed by atoms with Gasteiger partial charge in [0, 0.05) is 0 Å². The summed E-state index contributed by atoms with van der Waals surface area (Å²) in [7, 11) is 0. The van der Waals surface area contributed by atoms with Crippen molar-refractivity contribution in [1.29, 1.82) is 0 Å². The van der Waals surface area contributed by atoms with Crippen LogP contribution in [0.25, 0.3) is 5.57 Å². The molecule has 1 aromatic rings. The highest BCUT2D eigenvalue weighted by atomic mass is 79.9. The molecule has 0 aliphatic heterocycles. The molecule has 0 N–H and O–H groups in total. The second-order valence-electron chi connectivity index (χ2n) is 3.00. The molecule has 1 rings (SSSR count). The minimum atomic E-state index is -4.38. The number of aryl methyl sites for hydroxylation is 1. The van der Waals surface area contributed by atoms with E-state index in [0.29, 0.717) is 0 Å². The van der Waals surface area contributed by atoms with Crippen LogP contribution in [0, 0.1) is 6.92 Å². The molecule has 0 nitrogen and oxygen atoms in total. The predicted octanol–water partition coefficient (Wildman–Crippen LogP) is 5.02. The van der Waals surface area contributed by atoms with E-state index in [0.717, 1.165) is 5.56 Å². The summed E-state index contributed by atoms with van der Waals surface area (Å²) >= 11 is 5.62. The van der Waals surface area contributed by atoms with Crippen LogP contribution >= 0.6 is 31.9 Å². The molecule has 5 heteroatoms. The molecular weight excluding hydrogens is 337 g/mol. The Bertz CT molecular complexity index is 373. The van der Waals surface area contributed by atoms with Crippen LogP contribution in [-0.2, 0) is 0 Å². The van der Waals surface area contributed by atoms with Gasteiger partial charge in [0.05, 0.1) is 8.96 Å². The van der Waals surface area contributed by atoms with Crippen LogP contribution in [0.3, 0.4) is 0 Å². The van der Waals surface area contributed by atoms with Gasteiger partial charge in [0.1, 0.15) is 0 Å². The van der Waals surface area contributed by atoms with E-state index in [2.05, 4.69) is 31.9 Å². The fourth-order valence-corrected chi connectivity index (χ4v) is 2.01. The van der Waals surface area contributed by atoms with Gasteiger partial charge in [-0.1, -0.05) is 29.8 Å². The van der Waals surface area contributed by atoms with E-state index in [4.69, 9.17) is 0 Å². The van der Waals surface area contributed by atoms with Gasteiger partial charge in [-0.05, 0) is 44.3 Å². The Hall–Kier alpha value is -0.290. The molecule has 1 aromatic carbocycles. The summed E-state index contributed by atoms with van der Waals surface area (Å²) in [5.74, 6) is 0. The lowest BCUT2D eigenvalue weighted by molar-refractivity contribution is -0.0688. The van der Waals surface area contributed by atoms with Crippen LogP contribution in [0.4, 0.5) is 13.2 Å². The molecule has 0 unspecified atom stereocenters. The maximum absolute atomic E-state index is 12.6. The van der Waals surface area contributed by atoms with Gasteiger partial charge < -0.3 is 0 Å². The Kier molecular flexibility index (Phi) is 4.00.